The molecule has 31 heavy (non-hydrogen) atoms. The van der Waals surface area contributed by atoms with E-state index in [2.05, 4.69) is 34.7 Å². The van der Waals surface area contributed by atoms with Crippen LogP contribution in [0.5, 0.6) is 0 Å². The Morgan fingerprint density at radius 1 is 1.26 bits per heavy atom. The molecule has 2 aliphatic carbocycles. The van der Waals surface area contributed by atoms with Gasteiger partial charge in [0.1, 0.15) is 11.6 Å². The number of nitrogens with one attached hydrogen (secondary N) is 2. The fourth-order valence-corrected chi connectivity index (χ4v) is 6.43. The highest BCUT2D eigenvalue weighted by Gasteiger charge is 2.66. The zero-order chi connectivity index (χ0) is 22.0. The normalized spacial score (nSPS) is 28.5. The van der Waals surface area contributed by atoms with Crippen molar-refractivity contribution in [2.45, 2.75) is 44.1 Å². The Balaban J connectivity index is 1.60. The topological polar surface area (TPSA) is 70.2 Å². The summed E-state index contributed by atoms with van der Waals surface area (Å²) in [6.45, 7) is 6.44. The average molecular weight is 427 g/mol. The third kappa shape index (κ3) is 2.67. The van der Waals surface area contributed by atoms with Crippen molar-refractivity contribution in [1.82, 2.24) is 25.7 Å². The van der Waals surface area contributed by atoms with Crippen molar-refractivity contribution >= 4 is 6.03 Å². The van der Waals surface area contributed by atoms with Crippen molar-refractivity contribution in [3.63, 3.8) is 0 Å². The summed E-state index contributed by atoms with van der Waals surface area (Å²) in [6, 6.07) is 5.61. The van der Waals surface area contributed by atoms with E-state index < -0.39 is 11.6 Å². The first-order chi connectivity index (χ1) is 14.8. The fraction of sp³-hybridized carbons (Fsp3) is 0.522. The van der Waals surface area contributed by atoms with E-state index in [0.717, 1.165) is 24.1 Å². The molecule has 1 aromatic carbocycles. The number of benzene rings is 1. The Morgan fingerprint density at radius 2 is 2.00 bits per heavy atom. The Kier molecular flexibility index (Phi) is 4.55. The molecule has 3 unspecified atom stereocenters. The molecule has 1 saturated heterocycles. The van der Waals surface area contributed by atoms with Crippen LogP contribution < -0.4 is 10.6 Å². The van der Waals surface area contributed by atoms with Gasteiger partial charge in [0.2, 0.25) is 0 Å². The van der Waals surface area contributed by atoms with Crippen molar-refractivity contribution in [2.24, 2.45) is 5.41 Å². The van der Waals surface area contributed by atoms with Gasteiger partial charge in [-0.3, -0.25) is 0 Å². The lowest BCUT2D eigenvalue weighted by Gasteiger charge is -2.48. The number of hydrogen-bond acceptors (Lipinski definition) is 4. The largest absolute Gasteiger partial charge is 0.341 e. The smallest absolute Gasteiger partial charge is 0.317 e. The molecule has 3 aliphatic rings. The number of aromatic nitrogens is 2. The zero-order valence-corrected chi connectivity index (χ0v) is 18.0. The van der Waals surface area contributed by atoms with Gasteiger partial charge in [0.05, 0.1) is 17.0 Å². The number of hydrogen-bond donors (Lipinski definition) is 2. The number of carbonyl (C=O) groups excluding carboxylic acids is 1. The zero-order valence-electron chi connectivity index (χ0n) is 18.0. The predicted octanol–water partition coefficient (Wildman–Crippen LogP) is 3.19. The minimum absolute atomic E-state index is 0.0325. The van der Waals surface area contributed by atoms with Gasteiger partial charge in [-0.25, -0.2) is 13.6 Å². The fourth-order valence-electron chi connectivity index (χ4n) is 6.43. The summed E-state index contributed by atoms with van der Waals surface area (Å²) in [6.07, 6.45) is 1.92. The Hall–Kier alpha value is -2.61. The van der Waals surface area contributed by atoms with Crippen LogP contribution in [-0.4, -0.2) is 53.9 Å². The van der Waals surface area contributed by atoms with Crippen LogP contribution in [0, 0.1) is 17.0 Å². The van der Waals surface area contributed by atoms with Crippen LogP contribution >= 0.6 is 0 Å². The van der Waals surface area contributed by atoms with E-state index in [1.807, 2.05) is 11.0 Å². The van der Waals surface area contributed by atoms with Crippen molar-refractivity contribution in [3.05, 3.63) is 47.2 Å². The Labute approximate surface area is 180 Å². The van der Waals surface area contributed by atoms with Crippen LogP contribution in [0.25, 0.3) is 11.3 Å². The third-order valence-corrected chi connectivity index (χ3v) is 7.96. The molecule has 2 amide bonds. The summed E-state index contributed by atoms with van der Waals surface area (Å²) < 4.78 is 28.8. The van der Waals surface area contributed by atoms with Crippen molar-refractivity contribution < 1.29 is 13.6 Å². The molecule has 2 fully saturated rings. The second-order valence-electron chi connectivity index (χ2n) is 9.42. The molecule has 0 spiro atoms. The SMILES string of the molecule is CNC(=O)N1CCNC(C23CCC(c4cc(-c5c(F)cccc5F)nnc42)C3(C)C)C1. The number of halogens is 2. The monoisotopic (exact) mass is 427 g/mol. The first-order valence-corrected chi connectivity index (χ1v) is 10.8. The maximum atomic E-state index is 14.4. The maximum absolute atomic E-state index is 14.4. The lowest BCUT2D eigenvalue weighted by Crippen LogP contribution is -2.63. The van der Waals surface area contributed by atoms with Gasteiger partial charge in [0.25, 0.3) is 0 Å². The Morgan fingerprint density at radius 3 is 2.71 bits per heavy atom. The minimum Gasteiger partial charge on any atom is -0.341 e. The van der Waals surface area contributed by atoms with E-state index in [1.165, 1.54) is 18.2 Å². The molecule has 6 nitrogen and oxygen atoms in total. The van der Waals surface area contributed by atoms with Gasteiger partial charge in [-0.05, 0) is 47.9 Å². The number of carbonyl (C=O) groups is 1. The number of amides is 2. The van der Waals surface area contributed by atoms with E-state index >= 15 is 0 Å². The van der Waals surface area contributed by atoms with Crippen LogP contribution in [0.2, 0.25) is 0 Å². The highest BCUT2D eigenvalue weighted by atomic mass is 19.1. The molecule has 2 heterocycles. The van der Waals surface area contributed by atoms with E-state index in [1.54, 1.807) is 7.05 Å². The predicted molar refractivity (Wildman–Crippen MR) is 113 cm³/mol. The van der Waals surface area contributed by atoms with Gasteiger partial charge in [-0.15, -0.1) is 0 Å². The van der Waals surface area contributed by atoms with E-state index in [4.69, 9.17) is 0 Å². The molecule has 1 saturated carbocycles. The van der Waals surface area contributed by atoms with Crippen LogP contribution in [0.3, 0.4) is 0 Å². The second-order valence-corrected chi connectivity index (χ2v) is 9.42. The van der Waals surface area contributed by atoms with Crippen molar-refractivity contribution in [1.29, 1.82) is 0 Å². The molecule has 3 atom stereocenters. The van der Waals surface area contributed by atoms with Crippen LogP contribution in [0.15, 0.2) is 24.3 Å². The molecule has 0 radical (unpaired) electrons. The molecule has 8 heteroatoms. The summed E-state index contributed by atoms with van der Waals surface area (Å²) in [5.41, 5.74) is 1.62. The molecule has 5 rings (SSSR count). The summed E-state index contributed by atoms with van der Waals surface area (Å²) in [4.78, 5) is 14.1. The molecule has 1 aromatic heterocycles. The van der Waals surface area contributed by atoms with Gasteiger partial charge < -0.3 is 15.5 Å². The highest BCUT2D eigenvalue weighted by Crippen LogP contribution is 2.68. The number of rotatable bonds is 2. The number of fused-ring (bicyclic) bond motifs is 5. The summed E-state index contributed by atoms with van der Waals surface area (Å²) in [5, 5.41) is 15.2. The van der Waals surface area contributed by atoms with Crippen LogP contribution in [0.4, 0.5) is 13.6 Å². The van der Waals surface area contributed by atoms with Gasteiger partial charge in [-0.2, -0.15) is 10.2 Å². The Bertz CT molecular complexity index is 1040. The molecular formula is C23H27F2N5O. The molecule has 2 bridgehead atoms. The highest BCUT2D eigenvalue weighted by molar-refractivity contribution is 5.74. The molecular weight excluding hydrogens is 400 g/mol. The molecule has 1 aliphatic heterocycles. The van der Waals surface area contributed by atoms with Gasteiger partial charge in [-0.1, -0.05) is 19.9 Å². The van der Waals surface area contributed by atoms with E-state index in [9.17, 15) is 13.6 Å². The maximum Gasteiger partial charge on any atom is 0.317 e. The second kappa shape index (κ2) is 6.95. The number of nitrogens with zero attached hydrogens (tertiary/aromatic N) is 3. The number of urea groups is 1. The molecule has 164 valence electrons. The van der Waals surface area contributed by atoms with Crippen LogP contribution in [0.1, 0.15) is 43.9 Å². The standard InChI is InChI=1S/C23H27F2N5O/c1-22(2)14-7-8-23(22,18-12-30(10-9-27-18)21(31)26-3)20-13(14)11-17(28-29-20)19-15(24)5-4-6-16(19)25/h4-6,11,14,18,27H,7-10,12H2,1-3H3,(H,26,31). The summed E-state index contributed by atoms with van der Waals surface area (Å²) in [5.74, 6) is -1.05. The van der Waals surface area contributed by atoms with Gasteiger partial charge in [0, 0.05) is 38.1 Å². The molecule has 2 N–H and O–H groups in total. The third-order valence-electron chi connectivity index (χ3n) is 7.96. The first kappa shape index (κ1) is 20.3. The lowest BCUT2D eigenvalue weighted by atomic mass is 9.63. The first-order valence-electron chi connectivity index (χ1n) is 10.8. The number of piperazine rings is 1. The van der Waals surface area contributed by atoms with Gasteiger partial charge in [0.15, 0.2) is 0 Å². The quantitative estimate of drug-likeness (QED) is 0.772. The lowest BCUT2D eigenvalue weighted by molar-refractivity contribution is 0.0980. The van der Waals surface area contributed by atoms with Crippen LogP contribution in [-0.2, 0) is 5.41 Å². The van der Waals surface area contributed by atoms with Crippen molar-refractivity contribution in [2.75, 3.05) is 26.7 Å². The minimum atomic E-state index is -0.637. The van der Waals surface area contributed by atoms with Crippen molar-refractivity contribution in [3.8, 4) is 11.3 Å². The van der Waals surface area contributed by atoms with Gasteiger partial charge >= 0.3 is 6.03 Å². The average Bonchev–Trinajstić information content (AvgIpc) is 3.14. The van der Waals surface area contributed by atoms with E-state index in [-0.39, 0.29) is 40.1 Å². The summed E-state index contributed by atoms with van der Waals surface area (Å²) >= 11 is 0. The molecule has 2 aromatic rings. The summed E-state index contributed by atoms with van der Waals surface area (Å²) in [7, 11) is 1.65. The van der Waals surface area contributed by atoms with E-state index in [0.29, 0.717) is 19.6 Å².